The Balaban J connectivity index is 1.33. The molecule has 2 aliphatic heterocycles. The Morgan fingerprint density at radius 3 is 2.97 bits per heavy atom. The first-order valence-corrected chi connectivity index (χ1v) is 10.5. The predicted molar refractivity (Wildman–Crippen MR) is 114 cm³/mol. The summed E-state index contributed by atoms with van der Waals surface area (Å²) < 4.78 is 22.0. The largest absolute Gasteiger partial charge is 0.489 e. The van der Waals surface area contributed by atoms with Gasteiger partial charge in [0.05, 0.1) is 11.0 Å². The van der Waals surface area contributed by atoms with Crippen LogP contribution in [0.2, 0.25) is 0 Å². The van der Waals surface area contributed by atoms with Crippen molar-refractivity contribution in [2.75, 3.05) is 18.5 Å². The monoisotopic (exact) mass is 422 g/mol. The zero-order valence-electron chi connectivity index (χ0n) is 16.9. The molecule has 3 heterocycles. The molecule has 2 aromatic carbocycles. The van der Waals surface area contributed by atoms with Gasteiger partial charge in [-0.05, 0) is 43.7 Å². The van der Waals surface area contributed by atoms with Gasteiger partial charge in [-0.25, -0.2) is 9.37 Å². The van der Waals surface area contributed by atoms with Crippen LogP contribution in [-0.4, -0.2) is 40.4 Å². The fourth-order valence-corrected chi connectivity index (χ4v) is 4.32. The molecule has 1 aromatic heterocycles. The number of amides is 1. The third-order valence-corrected chi connectivity index (χ3v) is 5.91. The van der Waals surface area contributed by atoms with Gasteiger partial charge in [0, 0.05) is 30.8 Å². The van der Waals surface area contributed by atoms with Gasteiger partial charge >= 0.3 is 0 Å². The molecule has 8 heteroatoms. The van der Waals surface area contributed by atoms with Crippen LogP contribution in [0.3, 0.4) is 0 Å². The number of hydrogen-bond acceptors (Lipinski definition) is 5. The number of benzene rings is 2. The number of fused-ring (bicyclic) bond motifs is 3. The molecule has 1 unspecified atom stereocenters. The van der Waals surface area contributed by atoms with E-state index in [0.717, 1.165) is 30.4 Å². The second kappa shape index (κ2) is 8.11. The molecule has 0 saturated carbocycles. The number of anilines is 1. The predicted octanol–water partition coefficient (Wildman–Crippen LogP) is 3.00. The summed E-state index contributed by atoms with van der Waals surface area (Å²) in [4.78, 5) is 30.1. The number of carbonyl (C=O) groups is 2. The first-order valence-electron chi connectivity index (χ1n) is 10.5. The summed E-state index contributed by atoms with van der Waals surface area (Å²) in [6.45, 7) is 1.85. The molecule has 5 rings (SSSR count). The van der Waals surface area contributed by atoms with Crippen molar-refractivity contribution in [1.29, 1.82) is 0 Å². The summed E-state index contributed by atoms with van der Waals surface area (Å²) in [6, 6.07) is 12.1. The summed E-state index contributed by atoms with van der Waals surface area (Å²) in [5, 5.41) is 5.97. The molecule has 1 fully saturated rings. The summed E-state index contributed by atoms with van der Waals surface area (Å²) in [7, 11) is 0. The number of carbonyl (C=O) groups excluding carboxylic acids is 2. The molecule has 1 saturated heterocycles. The highest BCUT2D eigenvalue weighted by Gasteiger charge is 2.36. The van der Waals surface area contributed by atoms with Crippen molar-refractivity contribution < 1.29 is 18.7 Å². The number of Topliss-reactive ketones (excluding diaryl/α,β-unsaturated/α-hetero) is 1. The number of nitrogens with zero attached hydrogens (tertiary/aromatic N) is 2. The number of ether oxygens (including phenoxy) is 1. The van der Waals surface area contributed by atoms with Crippen LogP contribution < -0.4 is 15.4 Å². The Bertz CT molecular complexity index is 1150. The maximum Gasteiger partial charge on any atom is 0.242 e. The van der Waals surface area contributed by atoms with E-state index in [1.165, 1.54) is 12.1 Å². The maximum absolute atomic E-state index is 14.5. The number of nitrogens with one attached hydrogen (secondary N) is 2. The lowest BCUT2D eigenvalue weighted by Crippen LogP contribution is -2.34. The summed E-state index contributed by atoms with van der Waals surface area (Å²) in [5.41, 5.74) is 1.91. The molecule has 0 aliphatic carbocycles. The van der Waals surface area contributed by atoms with E-state index in [-0.39, 0.29) is 29.7 Å². The molecule has 2 aliphatic rings. The Hall–Kier alpha value is -3.26. The molecule has 1 amide bonds. The lowest BCUT2D eigenvalue weighted by Gasteiger charge is -2.22. The molecule has 0 radical (unpaired) electrons. The number of rotatable bonds is 5. The number of hydrogen-bond donors (Lipinski definition) is 2. The van der Waals surface area contributed by atoms with Gasteiger partial charge in [0.2, 0.25) is 5.91 Å². The fraction of sp³-hybridized carbons (Fsp3) is 0.348. The van der Waals surface area contributed by atoms with Crippen molar-refractivity contribution in [2.24, 2.45) is 0 Å². The Labute approximate surface area is 178 Å². The van der Waals surface area contributed by atoms with E-state index < -0.39 is 17.6 Å². The zero-order chi connectivity index (χ0) is 21.4. The number of para-hydroxylation sites is 2. The van der Waals surface area contributed by atoms with Crippen molar-refractivity contribution in [3.63, 3.8) is 0 Å². The van der Waals surface area contributed by atoms with Crippen molar-refractivity contribution >= 4 is 28.4 Å². The Morgan fingerprint density at radius 1 is 1.29 bits per heavy atom. The minimum atomic E-state index is -1.02. The molecule has 0 bridgehead atoms. The minimum Gasteiger partial charge on any atom is -0.489 e. The number of aromatic nitrogens is 2. The summed E-state index contributed by atoms with van der Waals surface area (Å²) >= 11 is 0. The van der Waals surface area contributed by atoms with E-state index in [1.54, 1.807) is 6.07 Å². The SMILES string of the molecule is O=C1CCn2c(nc3ccccc32)C1C(=O)Nc1ccc(OC[C@@H]2CCCN2)c(F)c1. The van der Waals surface area contributed by atoms with Crippen LogP contribution in [0, 0.1) is 5.82 Å². The molecule has 2 atom stereocenters. The second-order valence-electron chi connectivity index (χ2n) is 8.00. The molecule has 31 heavy (non-hydrogen) atoms. The quantitative estimate of drug-likeness (QED) is 0.618. The average molecular weight is 422 g/mol. The molecular weight excluding hydrogens is 399 g/mol. The van der Waals surface area contributed by atoms with Crippen molar-refractivity contribution in [2.45, 2.75) is 37.8 Å². The standard InChI is InChI=1S/C23H23FN4O3/c24-16-12-14(7-8-20(16)31-13-15-4-3-10-25-15)26-23(30)21-19(29)9-11-28-18-6-2-1-5-17(18)27-22(21)28/h1-2,5-8,12,15,21,25H,3-4,9-11,13H2,(H,26,30)/t15-,21?/m0/s1. The minimum absolute atomic E-state index is 0.141. The number of halogens is 1. The van der Waals surface area contributed by atoms with Crippen LogP contribution in [0.1, 0.15) is 31.0 Å². The van der Waals surface area contributed by atoms with Crippen LogP contribution in [0.15, 0.2) is 42.5 Å². The zero-order valence-corrected chi connectivity index (χ0v) is 16.9. The van der Waals surface area contributed by atoms with Crippen molar-refractivity contribution in [1.82, 2.24) is 14.9 Å². The van der Waals surface area contributed by atoms with Gasteiger partial charge in [0.25, 0.3) is 0 Å². The molecular formula is C23H23FN4O3. The third kappa shape index (κ3) is 3.79. The summed E-state index contributed by atoms with van der Waals surface area (Å²) in [6.07, 6.45) is 2.35. The number of imidazole rings is 1. The maximum atomic E-state index is 14.5. The molecule has 7 nitrogen and oxygen atoms in total. The molecule has 2 N–H and O–H groups in total. The van der Waals surface area contributed by atoms with Gasteiger partial charge in [-0.15, -0.1) is 0 Å². The molecule has 160 valence electrons. The van der Waals surface area contributed by atoms with Gasteiger partial charge in [0.1, 0.15) is 12.4 Å². The Kier molecular flexibility index (Phi) is 5.15. The van der Waals surface area contributed by atoms with E-state index in [4.69, 9.17) is 4.74 Å². The topological polar surface area (TPSA) is 85.2 Å². The number of aryl methyl sites for hydroxylation is 1. The Morgan fingerprint density at radius 2 is 2.16 bits per heavy atom. The van der Waals surface area contributed by atoms with E-state index in [1.807, 2.05) is 28.8 Å². The highest BCUT2D eigenvalue weighted by Crippen LogP contribution is 2.30. The molecule has 3 aromatic rings. The van der Waals surface area contributed by atoms with Crippen molar-refractivity contribution in [3.8, 4) is 5.75 Å². The normalized spacial score (nSPS) is 20.6. The fourth-order valence-electron chi connectivity index (χ4n) is 4.32. The highest BCUT2D eigenvalue weighted by molar-refractivity contribution is 6.12. The molecule has 0 spiro atoms. The number of ketones is 1. The third-order valence-electron chi connectivity index (χ3n) is 5.91. The average Bonchev–Trinajstić information content (AvgIpc) is 3.40. The van der Waals surface area contributed by atoms with Crippen molar-refractivity contribution in [3.05, 3.63) is 54.1 Å². The van der Waals surface area contributed by atoms with E-state index in [2.05, 4.69) is 15.6 Å². The van der Waals surface area contributed by atoms with Crippen LogP contribution in [0.5, 0.6) is 5.75 Å². The van der Waals surface area contributed by atoms with E-state index in [0.29, 0.717) is 19.0 Å². The second-order valence-corrected chi connectivity index (χ2v) is 8.00. The van der Waals surface area contributed by atoms with Gasteiger partial charge in [-0.3, -0.25) is 9.59 Å². The smallest absolute Gasteiger partial charge is 0.242 e. The lowest BCUT2D eigenvalue weighted by molar-refractivity contribution is -0.128. The van der Waals surface area contributed by atoms with Crippen LogP contribution in [0.25, 0.3) is 11.0 Å². The first kappa shape index (κ1) is 19.7. The van der Waals surface area contributed by atoms with Gasteiger partial charge in [-0.1, -0.05) is 12.1 Å². The lowest BCUT2D eigenvalue weighted by atomic mass is 9.96. The van der Waals surface area contributed by atoms with Gasteiger partial charge < -0.3 is 19.9 Å². The highest BCUT2D eigenvalue weighted by atomic mass is 19.1. The summed E-state index contributed by atoms with van der Waals surface area (Å²) in [5.74, 6) is -1.71. The van der Waals surface area contributed by atoms with Crippen LogP contribution in [-0.2, 0) is 16.1 Å². The van der Waals surface area contributed by atoms with Crippen LogP contribution in [0.4, 0.5) is 10.1 Å². The van der Waals surface area contributed by atoms with Gasteiger partial charge in [0.15, 0.2) is 23.3 Å². The first-order chi connectivity index (χ1) is 15.1. The van der Waals surface area contributed by atoms with E-state index >= 15 is 0 Å². The van der Waals surface area contributed by atoms with E-state index in [9.17, 15) is 14.0 Å². The van der Waals surface area contributed by atoms with Crippen LogP contribution >= 0.6 is 0 Å². The van der Waals surface area contributed by atoms with Gasteiger partial charge in [-0.2, -0.15) is 0 Å².